The predicted octanol–water partition coefficient (Wildman–Crippen LogP) is 4.34. The number of fused-ring (bicyclic) bond motifs is 2. The van der Waals surface area contributed by atoms with E-state index in [9.17, 15) is 14.4 Å². The molecule has 0 saturated carbocycles. The van der Waals surface area contributed by atoms with Crippen LogP contribution in [0.1, 0.15) is 60.9 Å². The van der Waals surface area contributed by atoms with Gasteiger partial charge >= 0.3 is 17.9 Å². The lowest BCUT2D eigenvalue weighted by atomic mass is 9.95. The number of carbonyl (C=O) groups is 3. The second-order valence-electron chi connectivity index (χ2n) is 9.62. The molecule has 2 heterocycles. The molecule has 2 saturated heterocycles. The van der Waals surface area contributed by atoms with E-state index in [1.807, 2.05) is 42.5 Å². The van der Waals surface area contributed by atoms with Gasteiger partial charge in [0.05, 0.1) is 24.7 Å². The Morgan fingerprint density at radius 2 is 1.59 bits per heavy atom. The second-order valence-corrected chi connectivity index (χ2v) is 9.62. The van der Waals surface area contributed by atoms with Gasteiger partial charge in [-0.1, -0.05) is 18.2 Å². The zero-order valence-electron chi connectivity index (χ0n) is 19.5. The van der Waals surface area contributed by atoms with Gasteiger partial charge in [-0.15, -0.1) is 0 Å². The maximum Gasteiger partial charge on any atom is 0.343 e. The van der Waals surface area contributed by atoms with Crippen molar-refractivity contribution in [3.63, 3.8) is 0 Å². The summed E-state index contributed by atoms with van der Waals surface area (Å²) in [6, 6.07) is 17.5. The number of carboxylic acid groups (broad SMARTS) is 1. The normalized spacial score (nSPS) is 25.5. The van der Waals surface area contributed by atoms with E-state index in [0.29, 0.717) is 29.8 Å². The molecule has 4 rings (SSSR count). The average Bonchev–Trinajstić information content (AvgIpc) is 2.97. The van der Waals surface area contributed by atoms with Gasteiger partial charge in [-0.3, -0.25) is 9.59 Å². The van der Waals surface area contributed by atoms with E-state index < -0.39 is 5.97 Å². The van der Waals surface area contributed by atoms with Gasteiger partial charge in [0.15, 0.2) is 0 Å². The lowest BCUT2D eigenvalue weighted by molar-refractivity contribution is -0.961. The van der Waals surface area contributed by atoms with Crippen molar-refractivity contribution in [1.29, 1.82) is 0 Å². The summed E-state index contributed by atoms with van der Waals surface area (Å²) in [7, 11) is 2.29. The first-order valence-electron chi connectivity index (χ1n) is 12.0. The molecule has 7 heteroatoms. The third-order valence-corrected chi connectivity index (χ3v) is 7.31. The van der Waals surface area contributed by atoms with Gasteiger partial charge in [-0.25, -0.2) is 4.79 Å². The first-order valence-corrected chi connectivity index (χ1v) is 12.0. The molecule has 0 amide bonds. The number of piperidine rings is 1. The van der Waals surface area contributed by atoms with Crippen LogP contribution in [0.2, 0.25) is 0 Å². The maximum atomic E-state index is 12.3. The highest BCUT2D eigenvalue weighted by molar-refractivity contribution is 5.90. The number of nitrogens with zero attached hydrogens (tertiary/aromatic N) is 1. The molecule has 0 spiro atoms. The molecule has 2 aliphatic heterocycles. The molecular weight excluding hydrogens is 434 g/mol. The first-order chi connectivity index (χ1) is 16.3. The molecule has 2 bridgehead atoms. The largest absolute Gasteiger partial charge is 0.481 e. The number of carboxylic acids is 1. The van der Waals surface area contributed by atoms with Gasteiger partial charge in [-0.2, -0.15) is 0 Å². The molecule has 180 valence electrons. The van der Waals surface area contributed by atoms with Gasteiger partial charge < -0.3 is 19.1 Å². The van der Waals surface area contributed by atoms with E-state index in [1.165, 1.54) is 5.56 Å². The van der Waals surface area contributed by atoms with E-state index >= 15 is 0 Å². The third kappa shape index (κ3) is 5.65. The maximum absolute atomic E-state index is 12.3. The van der Waals surface area contributed by atoms with Crippen molar-refractivity contribution in [3.05, 3.63) is 65.7 Å². The van der Waals surface area contributed by atoms with Crippen LogP contribution in [0.5, 0.6) is 5.75 Å². The number of aliphatic carboxylic acids is 1. The first kappa shape index (κ1) is 24.0. The van der Waals surface area contributed by atoms with Gasteiger partial charge in [0, 0.05) is 44.1 Å². The number of hydrogen-bond acceptors (Lipinski definition) is 5. The summed E-state index contributed by atoms with van der Waals surface area (Å²) in [4.78, 5) is 35.0. The summed E-state index contributed by atoms with van der Waals surface area (Å²) in [6.45, 7) is 0.877. The SMILES string of the molecule is C[N+]1(Cc2ccc(OC(=O)c3ccccc3)cc2)[C@@H]2CC[C@H]1CC(OC(=O)CCCC(=O)O)C2. The van der Waals surface area contributed by atoms with Crippen LogP contribution in [0.3, 0.4) is 0 Å². The smallest absolute Gasteiger partial charge is 0.343 e. The number of ether oxygens (including phenoxy) is 2. The van der Waals surface area contributed by atoms with E-state index in [0.717, 1.165) is 36.7 Å². The van der Waals surface area contributed by atoms with Crippen molar-refractivity contribution in [2.45, 2.75) is 69.7 Å². The molecular formula is C27H32NO6+. The molecule has 2 fully saturated rings. The lowest BCUT2D eigenvalue weighted by Crippen LogP contribution is -2.58. The van der Waals surface area contributed by atoms with E-state index in [-0.39, 0.29) is 30.9 Å². The van der Waals surface area contributed by atoms with E-state index in [1.54, 1.807) is 12.1 Å². The fourth-order valence-corrected chi connectivity index (χ4v) is 5.47. The van der Waals surface area contributed by atoms with Gasteiger partial charge in [0.25, 0.3) is 0 Å². The van der Waals surface area contributed by atoms with Crippen molar-refractivity contribution in [1.82, 2.24) is 0 Å². The van der Waals surface area contributed by atoms with Crippen LogP contribution in [-0.4, -0.2) is 52.7 Å². The minimum atomic E-state index is -0.890. The van der Waals surface area contributed by atoms with Gasteiger partial charge in [0.1, 0.15) is 18.4 Å². The summed E-state index contributed by atoms with van der Waals surface area (Å²) < 4.78 is 12.1. The van der Waals surface area contributed by atoms with Crippen molar-refractivity contribution >= 4 is 17.9 Å². The zero-order chi connectivity index (χ0) is 24.1. The Labute approximate surface area is 199 Å². The fourth-order valence-electron chi connectivity index (χ4n) is 5.47. The highest BCUT2D eigenvalue weighted by Crippen LogP contribution is 2.43. The van der Waals surface area contributed by atoms with Crippen LogP contribution in [0.4, 0.5) is 0 Å². The van der Waals surface area contributed by atoms with Crippen molar-refractivity contribution < 1.29 is 33.4 Å². The molecule has 0 aromatic heterocycles. The Balaban J connectivity index is 1.31. The van der Waals surface area contributed by atoms with Gasteiger partial charge in [0.2, 0.25) is 0 Å². The molecule has 2 aromatic carbocycles. The van der Waals surface area contributed by atoms with Crippen LogP contribution in [0.25, 0.3) is 0 Å². The second kappa shape index (κ2) is 10.4. The Kier molecular flexibility index (Phi) is 7.32. The lowest BCUT2D eigenvalue weighted by Gasteiger charge is -2.47. The molecule has 2 aliphatic rings. The number of esters is 2. The van der Waals surface area contributed by atoms with Crippen molar-refractivity contribution in [2.75, 3.05) is 7.05 Å². The van der Waals surface area contributed by atoms with Crippen LogP contribution < -0.4 is 4.74 Å². The molecule has 0 aliphatic carbocycles. The Morgan fingerprint density at radius 1 is 0.941 bits per heavy atom. The summed E-state index contributed by atoms with van der Waals surface area (Å²) in [5, 5.41) is 8.73. The minimum absolute atomic E-state index is 0.00970. The molecule has 0 radical (unpaired) electrons. The van der Waals surface area contributed by atoms with Crippen LogP contribution >= 0.6 is 0 Å². The summed E-state index contributed by atoms with van der Waals surface area (Å²) in [5.41, 5.74) is 1.70. The van der Waals surface area contributed by atoms with E-state index in [2.05, 4.69) is 7.05 Å². The molecule has 2 aromatic rings. The summed E-state index contributed by atoms with van der Waals surface area (Å²) >= 11 is 0. The predicted molar refractivity (Wildman–Crippen MR) is 125 cm³/mol. The highest BCUT2D eigenvalue weighted by atomic mass is 16.5. The highest BCUT2D eigenvalue weighted by Gasteiger charge is 2.52. The molecule has 2 unspecified atom stereocenters. The number of rotatable bonds is 9. The third-order valence-electron chi connectivity index (χ3n) is 7.31. The van der Waals surface area contributed by atoms with Gasteiger partial charge in [-0.05, 0) is 42.8 Å². The average molecular weight is 467 g/mol. The fraction of sp³-hybridized carbons (Fsp3) is 0.444. The molecule has 4 atom stereocenters. The summed E-state index contributed by atoms with van der Waals surface area (Å²) in [5.74, 6) is -1.02. The number of benzene rings is 2. The van der Waals surface area contributed by atoms with Crippen LogP contribution in [0.15, 0.2) is 54.6 Å². The zero-order valence-corrected chi connectivity index (χ0v) is 19.5. The van der Waals surface area contributed by atoms with Crippen molar-refractivity contribution in [2.24, 2.45) is 0 Å². The quantitative estimate of drug-likeness (QED) is 0.336. The summed E-state index contributed by atoms with van der Waals surface area (Å²) in [6.07, 6.45) is 4.28. The topological polar surface area (TPSA) is 89.9 Å². The van der Waals surface area contributed by atoms with E-state index in [4.69, 9.17) is 14.6 Å². The Bertz CT molecular complexity index is 1010. The standard InChI is InChI=1S/C27H31NO6/c1-28(18-19-10-14-23(15-11-19)34-27(32)20-6-3-2-4-7-20)21-12-13-22(28)17-24(16-21)33-26(31)9-5-8-25(29)30/h2-4,6-7,10-11,14-15,21-22,24H,5,8-9,12-13,16-18H2,1H3/p+1/t21-,22+,24?,28?. The monoisotopic (exact) mass is 466 g/mol. The van der Waals surface area contributed by atoms with Crippen LogP contribution in [0, 0.1) is 0 Å². The molecule has 7 nitrogen and oxygen atoms in total. The van der Waals surface area contributed by atoms with Crippen LogP contribution in [-0.2, 0) is 20.9 Å². The minimum Gasteiger partial charge on any atom is -0.481 e. The Morgan fingerprint density at radius 3 is 2.21 bits per heavy atom. The molecule has 1 N–H and O–H groups in total. The molecule has 34 heavy (non-hydrogen) atoms. The Hall–Kier alpha value is -3.19. The number of hydrogen-bond donors (Lipinski definition) is 1. The van der Waals surface area contributed by atoms with Crippen molar-refractivity contribution in [3.8, 4) is 5.75 Å². The number of quaternary nitrogens is 1. The number of carbonyl (C=O) groups excluding carboxylic acids is 2.